The molecule has 1 aliphatic rings. The number of nitrogens with zero attached hydrogens (tertiary/aromatic N) is 2. The summed E-state index contributed by atoms with van der Waals surface area (Å²) in [5.74, 6) is -0.150. The van der Waals surface area contributed by atoms with E-state index in [1.54, 1.807) is 24.3 Å². The molecule has 116 valence electrons. The number of carbonyl (C=O) groups is 1. The van der Waals surface area contributed by atoms with Gasteiger partial charge in [-0.1, -0.05) is 18.2 Å². The molecular formula is C19H19N3O. The number of amides is 1. The Bertz CT molecular complexity index is 742. The molecule has 3 rings (SSSR count). The van der Waals surface area contributed by atoms with Crippen molar-refractivity contribution in [2.45, 2.75) is 19.4 Å². The molecule has 2 aromatic carbocycles. The molecule has 0 unspecified atom stereocenters. The van der Waals surface area contributed by atoms with E-state index >= 15 is 0 Å². The Balaban J connectivity index is 1.70. The lowest BCUT2D eigenvalue weighted by molar-refractivity contribution is 0.102. The summed E-state index contributed by atoms with van der Waals surface area (Å²) in [6.07, 6.45) is 2.52. The van der Waals surface area contributed by atoms with Crippen molar-refractivity contribution in [3.8, 4) is 6.07 Å². The van der Waals surface area contributed by atoms with E-state index in [2.05, 4.69) is 22.4 Å². The van der Waals surface area contributed by atoms with Gasteiger partial charge in [-0.2, -0.15) is 5.26 Å². The van der Waals surface area contributed by atoms with E-state index in [1.165, 1.54) is 12.8 Å². The topological polar surface area (TPSA) is 56.1 Å². The van der Waals surface area contributed by atoms with Gasteiger partial charge >= 0.3 is 0 Å². The van der Waals surface area contributed by atoms with E-state index in [0.717, 1.165) is 25.2 Å². The van der Waals surface area contributed by atoms with Crippen LogP contribution in [0.4, 0.5) is 5.69 Å². The van der Waals surface area contributed by atoms with Crippen molar-refractivity contribution >= 4 is 11.6 Å². The van der Waals surface area contributed by atoms with Crippen molar-refractivity contribution in [3.05, 3.63) is 65.2 Å². The number of carbonyl (C=O) groups excluding carboxylic acids is 1. The summed E-state index contributed by atoms with van der Waals surface area (Å²) in [6, 6.07) is 16.8. The van der Waals surface area contributed by atoms with Crippen LogP contribution in [0, 0.1) is 11.3 Å². The van der Waals surface area contributed by atoms with E-state index in [0.29, 0.717) is 16.8 Å². The van der Waals surface area contributed by atoms with Crippen molar-refractivity contribution in [3.63, 3.8) is 0 Å². The Morgan fingerprint density at radius 1 is 1.13 bits per heavy atom. The van der Waals surface area contributed by atoms with Crippen LogP contribution in [-0.2, 0) is 6.54 Å². The zero-order chi connectivity index (χ0) is 16.1. The van der Waals surface area contributed by atoms with E-state index in [-0.39, 0.29) is 5.91 Å². The monoisotopic (exact) mass is 305 g/mol. The maximum Gasteiger partial charge on any atom is 0.255 e. The second-order valence-corrected chi connectivity index (χ2v) is 5.83. The first-order valence-corrected chi connectivity index (χ1v) is 7.87. The number of anilines is 1. The van der Waals surface area contributed by atoms with Gasteiger partial charge in [-0.3, -0.25) is 9.69 Å². The third-order valence-electron chi connectivity index (χ3n) is 4.04. The number of likely N-dealkylation sites (tertiary alicyclic amines) is 1. The summed E-state index contributed by atoms with van der Waals surface area (Å²) >= 11 is 0. The quantitative estimate of drug-likeness (QED) is 0.942. The molecule has 1 fully saturated rings. The van der Waals surface area contributed by atoms with Gasteiger partial charge in [0.1, 0.15) is 0 Å². The largest absolute Gasteiger partial charge is 0.322 e. The molecule has 2 aromatic rings. The van der Waals surface area contributed by atoms with Crippen LogP contribution in [-0.4, -0.2) is 23.9 Å². The summed E-state index contributed by atoms with van der Waals surface area (Å²) in [7, 11) is 0. The van der Waals surface area contributed by atoms with Crippen molar-refractivity contribution in [1.29, 1.82) is 5.26 Å². The SMILES string of the molecule is N#Cc1cccc(NC(=O)c2cccc(CN3CCCC3)c2)c1. The number of nitriles is 1. The van der Waals surface area contributed by atoms with E-state index < -0.39 is 0 Å². The number of nitrogens with one attached hydrogen (secondary N) is 1. The predicted molar refractivity (Wildman–Crippen MR) is 90.1 cm³/mol. The Hall–Kier alpha value is -2.64. The van der Waals surface area contributed by atoms with Gasteiger partial charge in [0.2, 0.25) is 0 Å². The zero-order valence-corrected chi connectivity index (χ0v) is 13.0. The van der Waals surface area contributed by atoms with Crippen LogP contribution in [0.3, 0.4) is 0 Å². The molecule has 0 atom stereocenters. The molecule has 1 saturated heterocycles. The highest BCUT2D eigenvalue weighted by Gasteiger charge is 2.13. The van der Waals surface area contributed by atoms with Crippen molar-refractivity contribution < 1.29 is 4.79 Å². The van der Waals surface area contributed by atoms with Crippen LogP contribution >= 0.6 is 0 Å². The maximum atomic E-state index is 12.4. The first kappa shape index (κ1) is 15.3. The van der Waals surface area contributed by atoms with Crippen LogP contribution in [0.1, 0.15) is 34.3 Å². The minimum absolute atomic E-state index is 0.150. The second-order valence-electron chi connectivity index (χ2n) is 5.83. The summed E-state index contributed by atoms with van der Waals surface area (Å²) in [6.45, 7) is 3.17. The molecule has 1 N–H and O–H groups in total. The van der Waals surface area contributed by atoms with E-state index in [4.69, 9.17) is 5.26 Å². The number of rotatable bonds is 4. The lowest BCUT2D eigenvalue weighted by Gasteiger charge is -2.15. The fraction of sp³-hybridized carbons (Fsp3) is 0.263. The highest BCUT2D eigenvalue weighted by Crippen LogP contribution is 2.16. The van der Waals surface area contributed by atoms with Gasteiger partial charge in [-0.15, -0.1) is 0 Å². The van der Waals surface area contributed by atoms with Crippen molar-refractivity contribution in [2.24, 2.45) is 0 Å². The molecular weight excluding hydrogens is 286 g/mol. The first-order chi connectivity index (χ1) is 11.2. The number of hydrogen-bond acceptors (Lipinski definition) is 3. The third kappa shape index (κ3) is 3.97. The molecule has 1 aliphatic heterocycles. The maximum absolute atomic E-state index is 12.4. The minimum Gasteiger partial charge on any atom is -0.322 e. The van der Waals surface area contributed by atoms with Gasteiger partial charge in [0.05, 0.1) is 11.6 Å². The zero-order valence-electron chi connectivity index (χ0n) is 13.0. The van der Waals surface area contributed by atoms with Gasteiger partial charge in [0, 0.05) is 17.8 Å². The standard InChI is InChI=1S/C19H19N3O/c20-13-15-5-4-8-18(12-15)21-19(23)17-7-3-6-16(11-17)14-22-9-1-2-10-22/h3-8,11-12H,1-2,9-10,14H2,(H,21,23). The lowest BCUT2D eigenvalue weighted by atomic mass is 10.1. The van der Waals surface area contributed by atoms with Crippen LogP contribution in [0.5, 0.6) is 0 Å². The van der Waals surface area contributed by atoms with Gasteiger partial charge in [0.15, 0.2) is 0 Å². The van der Waals surface area contributed by atoms with Crippen LogP contribution in [0.2, 0.25) is 0 Å². The second kappa shape index (κ2) is 7.08. The smallest absolute Gasteiger partial charge is 0.255 e. The molecule has 1 amide bonds. The fourth-order valence-electron chi connectivity index (χ4n) is 2.88. The van der Waals surface area contributed by atoms with E-state index in [9.17, 15) is 4.79 Å². The van der Waals surface area contributed by atoms with Crippen molar-refractivity contribution in [1.82, 2.24) is 4.90 Å². The average Bonchev–Trinajstić information content (AvgIpc) is 3.08. The molecule has 0 aromatic heterocycles. The minimum atomic E-state index is -0.150. The Kier molecular flexibility index (Phi) is 4.70. The molecule has 0 spiro atoms. The summed E-state index contributed by atoms with van der Waals surface area (Å²) < 4.78 is 0. The number of hydrogen-bond donors (Lipinski definition) is 1. The van der Waals surface area contributed by atoms with Gasteiger partial charge in [0.25, 0.3) is 5.91 Å². The summed E-state index contributed by atoms with van der Waals surface area (Å²) in [5.41, 5.74) is 2.97. The predicted octanol–water partition coefficient (Wildman–Crippen LogP) is 3.41. The average molecular weight is 305 g/mol. The van der Waals surface area contributed by atoms with Crippen LogP contribution in [0.15, 0.2) is 48.5 Å². The van der Waals surface area contributed by atoms with Crippen LogP contribution < -0.4 is 5.32 Å². The highest BCUT2D eigenvalue weighted by molar-refractivity contribution is 6.04. The first-order valence-electron chi connectivity index (χ1n) is 7.87. The Morgan fingerprint density at radius 2 is 1.91 bits per heavy atom. The van der Waals surface area contributed by atoms with Crippen molar-refractivity contribution in [2.75, 3.05) is 18.4 Å². The number of benzene rings is 2. The summed E-state index contributed by atoms with van der Waals surface area (Å²) in [5, 5.41) is 11.8. The molecule has 0 radical (unpaired) electrons. The van der Waals surface area contributed by atoms with Gasteiger partial charge < -0.3 is 5.32 Å². The molecule has 0 saturated carbocycles. The third-order valence-corrected chi connectivity index (χ3v) is 4.04. The van der Waals surface area contributed by atoms with Gasteiger partial charge in [-0.25, -0.2) is 0 Å². The molecule has 0 aliphatic carbocycles. The Morgan fingerprint density at radius 3 is 2.70 bits per heavy atom. The van der Waals surface area contributed by atoms with Gasteiger partial charge in [-0.05, 0) is 61.8 Å². The fourth-order valence-corrected chi connectivity index (χ4v) is 2.88. The lowest BCUT2D eigenvalue weighted by Crippen LogP contribution is -2.19. The molecule has 4 heteroatoms. The normalized spacial score (nSPS) is 14.4. The molecule has 1 heterocycles. The van der Waals surface area contributed by atoms with Crippen LogP contribution in [0.25, 0.3) is 0 Å². The summed E-state index contributed by atoms with van der Waals surface area (Å²) in [4.78, 5) is 14.8. The molecule has 23 heavy (non-hydrogen) atoms. The van der Waals surface area contributed by atoms with E-state index in [1.807, 2.05) is 18.2 Å². The Labute approximate surface area is 136 Å². The molecule has 4 nitrogen and oxygen atoms in total. The highest BCUT2D eigenvalue weighted by atomic mass is 16.1. The molecule has 0 bridgehead atoms.